The highest BCUT2D eigenvalue weighted by molar-refractivity contribution is 6.29. The van der Waals surface area contributed by atoms with Gasteiger partial charge in [0, 0.05) is 26.3 Å². The van der Waals surface area contributed by atoms with E-state index in [1.165, 1.54) is 0 Å². The summed E-state index contributed by atoms with van der Waals surface area (Å²) >= 11 is 5.90. The maximum Gasteiger partial charge on any atom is 0.324 e. The van der Waals surface area contributed by atoms with Gasteiger partial charge in [-0.15, -0.1) is 0 Å². The second-order valence-electron chi connectivity index (χ2n) is 8.90. The van der Waals surface area contributed by atoms with E-state index in [1.807, 2.05) is 71.9 Å². The van der Waals surface area contributed by atoms with E-state index in [9.17, 15) is 14.9 Å². The van der Waals surface area contributed by atoms with E-state index in [1.54, 1.807) is 19.3 Å². The van der Waals surface area contributed by atoms with Crippen LogP contribution in [-0.4, -0.2) is 63.4 Å². The van der Waals surface area contributed by atoms with Crippen molar-refractivity contribution in [2.24, 2.45) is 5.92 Å². The van der Waals surface area contributed by atoms with Gasteiger partial charge in [-0.05, 0) is 30.0 Å². The summed E-state index contributed by atoms with van der Waals surface area (Å²) in [5.41, 5.74) is 1.83. The van der Waals surface area contributed by atoms with Crippen LogP contribution >= 0.6 is 11.6 Å². The highest BCUT2D eigenvalue weighted by Crippen LogP contribution is 2.27. The molecule has 0 saturated heterocycles. The monoisotopic (exact) mass is 501 g/mol. The van der Waals surface area contributed by atoms with Crippen LogP contribution in [0.15, 0.2) is 60.2 Å². The van der Waals surface area contributed by atoms with Gasteiger partial charge in [0.05, 0.1) is 18.1 Å². The Bertz CT molecular complexity index is 1050. The van der Waals surface area contributed by atoms with Gasteiger partial charge in [-0.3, -0.25) is 19.8 Å². The molecule has 35 heavy (non-hydrogen) atoms. The molecule has 1 aliphatic rings. The summed E-state index contributed by atoms with van der Waals surface area (Å²) < 4.78 is 5.61. The standard InChI is InChI=1S/C25H32ClN5O4/c1-5-29(14-20-11-12-22(26)27-13-20)24-21(31(33)34)15-30(17-28(24)4)23(18(2)3)25(32)35-16-19-9-7-6-8-10-19/h6-13,18,23H,5,14-17H2,1-4H3/t23-/m0/s1. The number of hydrogen-bond acceptors (Lipinski definition) is 8. The molecule has 0 radical (unpaired) electrons. The molecular formula is C25H32ClN5O4. The molecule has 10 heteroatoms. The molecule has 1 atom stereocenters. The Morgan fingerprint density at radius 1 is 1.23 bits per heavy atom. The Kier molecular flexibility index (Phi) is 9.06. The van der Waals surface area contributed by atoms with Crippen LogP contribution in [0.1, 0.15) is 31.9 Å². The van der Waals surface area contributed by atoms with Crippen LogP contribution in [0.25, 0.3) is 0 Å². The molecule has 0 amide bonds. The Morgan fingerprint density at radius 3 is 2.51 bits per heavy atom. The zero-order valence-electron chi connectivity index (χ0n) is 20.6. The summed E-state index contributed by atoms with van der Waals surface area (Å²) in [6, 6.07) is 12.4. The fraction of sp³-hybridized carbons (Fsp3) is 0.440. The van der Waals surface area contributed by atoms with Crippen LogP contribution < -0.4 is 0 Å². The molecule has 3 rings (SSSR count). The molecule has 1 aromatic heterocycles. The first-order valence-electron chi connectivity index (χ1n) is 11.6. The van der Waals surface area contributed by atoms with Crippen LogP contribution in [0.4, 0.5) is 0 Å². The summed E-state index contributed by atoms with van der Waals surface area (Å²) in [7, 11) is 1.81. The summed E-state index contributed by atoms with van der Waals surface area (Å²) in [5, 5.41) is 12.6. The number of carbonyl (C=O) groups is 1. The number of rotatable bonds is 10. The molecule has 0 saturated carbocycles. The maximum absolute atomic E-state index is 13.1. The molecule has 2 aromatic rings. The van der Waals surface area contributed by atoms with Crippen LogP contribution in [-0.2, 0) is 22.7 Å². The van der Waals surface area contributed by atoms with Gasteiger partial charge in [0.25, 0.3) is 5.70 Å². The minimum Gasteiger partial charge on any atom is -0.460 e. The Hall–Kier alpha value is -3.17. The molecule has 0 N–H and O–H groups in total. The van der Waals surface area contributed by atoms with Crippen LogP contribution in [0.2, 0.25) is 5.15 Å². The maximum atomic E-state index is 13.1. The van der Waals surface area contributed by atoms with Gasteiger partial charge in [-0.2, -0.15) is 0 Å². The second kappa shape index (κ2) is 12.0. The molecule has 9 nitrogen and oxygen atoms in total. The number of esters is 1. The zero-order chi connectivity index (χ0) is 25.5. The lowest BCUT2D eigenvalue weighted by molar-refractivity contribution is -0.434. The first-order valence-corrected chi connectivity index (χ1v) is 12.0. The lowest BCUT2D eigenvalue weighted by atomic mass is 10.0. The van der Waals surface area contributed by atoms with Gasteiger partial charge in [-0.1, -0.05) is 61.8 Å². The van der Waals surface area contributed by atoms with E-state index in [-0.39, 0.29) is 35.7 Å². The quantitative estimate of drug-likeness (QED) is 0.209. The van der Waals surface area contributed by atoms with Crippen molar-refractivity contribution >= 4 is 17.6 Å². The third-order valence-electron chi connectivity index (χ3n) is 5.92. The van der Waals surface area contributed by atoms with Crippen molar-refractivity contribution in [3.63, 3.8) is 0 Å². The predicted octanol–water partition coefficient (Wildman–Crippen LogP) is 3.98. The number of carbonyl (C=O) groups excluding carboxylic acids is 1. The largest absolute Gasteiger partial charge is 0.460 e. The number of nitrogens with zero attached hydrogens (tertiary/aromatic N) is 5. The van der Waals surface area contributed by atoms with E-state index < -0.39 is 6.04 Å². The highest BCUT2D eigenvalue weighted by atomic mass is 35.5. The highest BCUT2D eigenvalue weighted by Gasteiger charge is 2.40. The van der Waals surface area contributed by atoms with E-state index in [4.69, 9.17) is 16.3 Å². The Morgan fingerprint density at radius 2 is 1.94 bits per heavy atom. The first-order chi connectivity index (χ1) is 16.7. The van der Waals surface area contributed by atoms with Crippen LogP contribution in [0.5, 0.6) is 0 Å². The number of ether oxygens (including phenoxy) is 1. The van der Waals surface area contributed by atoms with E-state index >= 15 is 0 Å². The molecular weight excluding hydrogens is 470 g/mol. The third-order valence-corrected chi connectivity index (χ3v) is 6.14. The second-order valence-corrected chi connectivity index (χ2v) is 9.29. The number of benzene rings is 1. The summed E-state index contributed by atoms with van der Waals surface area (Å²) in [4.78, 5) is 34.6. The van der Waals surface area contributed by atoms with Crippen LogP contribution in [0.3, 0.4) is 0 Å². The zero-order valence-corrected chi connectivity index (χ0v) is 21.3. The van der Waals surface area contributed by atoms with Crippen molar-refractivity contribution in [2.75, 3.05) is 26.8 Å². The lowest BCUT2D eigenvalue weighted by Gasteiger charge is -2.42. The fourth-order valence-electron chi connectivity index (χ4n) is 4.34. The van der Waals surface area contributed by atoms with E-state index in [2.05, 4.69) is 4.98 Å². The molecule has 0 fully saturated rings. The average Bonchev–Trinajstić information content (AvgIpc) is 2.83. The summed E-state index contributed by atoms with van der Waals surface area (Å²) in [6.07, 6.45) is 1.67. The predicted molar refractivity (Wildman–Crippen MR) is 134 cm³/mol. The fourth-order valence-corrected chi connectivity index (χ4v) is 4.45. The summed E-state index contributed by atoms with van der Waals surface area (Å²) in [5.74, 6) is 0.0514. The lowest BCUT2D eigenvalue weighted by Crippen LogP contribution is -2.55. The Labute approximate surface area is 211 Å². The van der Waals surface area contributed by atoms with Gasteiger partial charge in [0.15, 0.2) is 5.82 Å². The molecule has 1 aromatic carbocycles. The molecule has 188 valence electrons. The van der Waals surface area contributed by atoms with Crippen molar-refractivity contribution in [1.82, 2.24) is 19.7 Å². The van der Waals surface area contributed by atoms with Gasteiger partial charge in [0.1, 0.15) is 17.8 Å². The molecule has 0 bridgehead atoms. The van der Waals surface area contributed by atoms with Crippen molar-refractivity contribution in [1.29, 1.82) is 0 Å². The van der Waals surface area contributed by atoms with E-state index in [0.29, 0.717) is 30.7 Å². The van der Waals surface area contributed by atoms with Gasteiger partial charge < -0.3 is 14.5 Å². The van der Waals surface area contributed by atoms with Crippen molar-refractivity contribution in [2.45, 2.75) is 40.0 Å². The van der Waals surface area contributed by atoms with Gasteiger partial charge >= 0.3 is 5.97 Å². The number of halogens is 1. The number of hydrogen-bond donors (Lipinski definition) is 0. The van der Waals surface area contributed by atoms with Crippen molar-refractivity contribution in [3.8, 4) is 0 Å². The normalized spacial score (nSPS) is 15.3. The van der Waals surface area contributed by atoms with Gasteiger partial charge in [-0.25, -0.2) is 4.98 Å². The van der Waals surface area contributed by atoms with Gasteiger partial charge in [0.2, 0.25) is 0 Å². The molecule has 0 spiro atoms. The topological polar surface area (TPSA) is 92.0 Å². The minimum absolute atomic E-state index is 0.0331. The first kappa shape index (κ1) is 26.4. The molecule has 1 aliphatic heterocycles. The SMILES string of the molecule is CCN(Cc1ccc(Cl)nc1)C1=C([N+](=O)[O-])CN([C@H](C(=O)OCc2ccccc2)C(C)C)CN1C. The van der Waals surface area contributed by atoms with Crippen LogP contribution in [0, 0.1) is 16.0 Å². The van der Waals surface area contributed by atoms with E-state index in [0.717, 1.165) is 11.1 Å². The smallest absolute Gasteiger partial charge is 0.324 e. The number of pyridine rings is 1. The molecule has 2 heterocycles. The third kappa shape index (κ3) is 6.70. The summed E-state index contributed by atoms with van der Waals surface area (Å²) in [6.45, 7) is 7.35. The molecule has 0 unspecified atom stereocenters. The number of nitro groups is 1. The average molecular weight is 502 g/mol. The van der Waals surface area contributed by atoms with Crippen molar-refractivity contribution < 1.29 is 14.5 Å². The minimum atomic E-state index is -0.617. The Balaban J connectivity index is 1.82. The van der Waals surface area contributed by atoms with Crippen molar-refractivity contribution in [3.05, 3.63) is 86.6 Å². The molecule has 0 aliphatic carbocycles. The number of aromatic nitrogens is 1.